The molecule has 25 heavy (non-hydrogen) atoms. The Kier molecular flexibility index (Phi) is 4.63. The summed E-state index contributed by atoms with van der Waals surface area (Å²) in [7, 11) is 0. The lowest BCUT2D eigenvalue weighted by Crippen LogP contribution is -2.30. The van der Waals surface area contributed by atoms with Gasteiger partial charge in [-0.05, 0) is 36.8 Å². The zero-order chi connectivity index (χ0) is 18.0. The minimum absolute atomic E-state index is 0.155. The van der Waals surface area contributed by atoms with Crippen LogP contribution in [0, 0.1) is 0 Å². The van der Waals surface area contributed by atoms with Gasteiger partial charge in [0.2, 0.25) is 0 Å². The zero-order valence-corrected chi connectivity index (χ0v) is 13.7. The molecule has 1 aliphatic rings. The van der Waals surface area contributed by atoms with Crippen LogP contribution in [-0.4, -0.2) is 40.4 Å². The highest BCUT2D eigenvalue weighted by atomic mass is 16.3. The Morgan fingerprint density at radius 2 is 1.60 bits per heavy atom. The summed E-state index contributed by atoms with van der Waals surface area (Å²) in [4.78, 5) is 37.8. The van der Waals surface area contributed by atoms with E-state index in [1.807, 2.05) is 0 Å². The SMILES string of the molecule is CC(O)CNC(=O)c1ccc(CN2C(=O)c3ccccc3C2=O)cc1. The summed E-state index contributed by atoms with van der Waals surface area (Å²) in [5.41, 5.74) is 2.04. The van der Waals surface area contributed by atoms with E-state index in [2.05, 4.69) is 5.32 Å². The lowest BCUT2D eigenvalue weighted by atomic mass is 10.1. The lowest BCUT2D eigenvalue weighted by Gasteiger charge is -2.14. The number of rotatable bonds is 5. The van der Waals surface area contributed by atoms with E-state index < -0.39 is 6.10 Å². The fourth-order valence-corrected chi connectivity index (χ4v) is 2.67. The number of aliphatic hydroxyl groups excluding tert-OH is 1. The van der Waals surface area contributed by atoms with Crippen molar-refractivity contribution in [3.8, 4) is 0 Å². The highest BCUT2D eigenvalue weighted by Crippen LogP contribution is 2.24. The molecule has 0 saturated carbocycles. The molecule has 6 heteroatoms. The summed E-state index contributed by atoms with van der Waals surface area (Å²) < 4.78 is 0. The van der Waals surface area contributed by atoms with Crippen LogP contribution >= 0.6 is 0 Å². The minimum Gasteiger partial charge on any atom is -0.392 e. The summed E-state index contributed by atoms with van der Waals surface area (Å²) in [6.45, 7) is 1.92. The highest BCUT2D eigenvalue weighted by Gasteiger charge is 2.34. The predicted octanol–water partition coefficient (Wildman–Crippen LogP) is 1.59. The Labute approximate surface area is 145 Å². The highest BCUT2D eigenvalue weighted by molar-refractivity contribution is 6.21. The van der Waals surface area contributed by atoms with Crippen LogP contribution in [0.25, 0.3) is 0 Å². The number of nitrogens with zero attached hydrogens (tertiary/aromatic N) is 1. The van der Waals surface area contributed by atoms with Crippen molar-refractivity contribution in [2.45, 2.75) is 19.6 Å². The molecule has 3 amide bonds. The van der Waals surface area contributed by atoms with Crippen LogP contribution in [0.15, 0.2) is 48.5 Å². The van der Waals surface area contributed by atoms with Crippen molar-refractivity contribution in [2.75, 3.05) is 6.54 Å². The van der Waals surface area contributed by atoms with Gasteiger partial charge < -0.3 is 10.4 Å². The van der Waals surface area contributed by atoms with Gasteiger partial charge in [-0.15, -0.1) is 0 Å². The second-order valence-corrected chi connectivity index (χ2v) is 6.00. The third-order valence-corrected chi connectivity index (χ3v) is 3.99. The maximum atomic E-state index is 12.4. The van der Waals surface area contributed by atoms with Crippen molar-refractivity contribution in [2.24, 2.45) is 0 Å². The first-order chi connectivity index (χ1) is 12.0. The fourth-order valence-electron chi connectivity index (χ4n) is 2.67. The molecule has 0 saturated heterocycles. The average molecular weight is 338 g/mol. The fraction of sp³-hybridized carbons (Fsp3) is 0.211. The van der Waals surface area contributed by atoms with E-state index in [1.165, 1.54) is 4.90 Å². The third kappa shape index (κ3) is 3.44. The number of amides is 3. The molecule has 3 rings (SSSR count). The molecular formula is C19H18N2O4. The van der Waals surface area contributed by atoms with Crippen molar-refractivity contribution in [1.82, 2.24) is 10.2 Å². The van der Waals surface area contributed by atoms with Gasteiger partial charge in [-0.25, -0.2) is 0 Å². The molecule has 1 aliphatic heterocycles. The van der Waals surface area contributed by atoms with E-state index in [1.54, 1.807) is 55.5 Å². The number of carbonyl (C=O) groups is 3. The first-order valence-electron chi connectivity index (χ1n) is 7.98. The normalized spacial score (nSPS) is 14.4. The lowest BCUT2D eigenvalue weighted by molar-refractivity contribution is 0.0642. The Hall–Kier alpha value is -2.99. The second kappa shape index (κ2) is 6.86. The van der Waals surface area contributed by atoms with Crippen LogP contribution in [0.1, 0.15) is 43.6 Å². The molecule has 1 heterocycles. The number of benzene rings is 2. The summed E-state index contributed by atoms with van der Waals surface area (Å²) >= 11 is 0. The molecule has 6 nitrogen and oxygen atoms in total. The third-order valence-electron chi connectivity index (χ3n) is 3.99. The monoisotopic (exact) mass is 338 g/mol. The molecule has 0 spiro atoms. The van der Waals surface area contributed by atoms with E-state index in [0.29, 0.717) is 16.7 Å². The standard InChI is InChI=1S/C19H18N2O4/c1-12(22)10-20-17(23)14-8-6-13(7-9-14)11-21-18(24)15-4-2-3-5-16(15)19(21)25/h2-9,12,22H,10-11H2,1H3,(H,20,23). The largest absolute Gasteiger partial charge is 0.392 e. The van der Waals surface area contributed by atoms with Crippen LogP contribution in [0.5, 0.6) is 0 Å². The van der Waals surface area contributed by atoms with Crippen molar-refractivity contribution in [3.63, 3.8) is 0 Å². The minimum atomic E-state index is -0.614. The van der Waals surface area contributed by atoms with Crippen molar-refractivity contribution in [1.29, 1.82) is 0 Å². The van der Waals surface area contributed by atoms with Gasteiger partial charge in [0.15, 0.2) is 0 Å². The van der Waals surface area contributed by atoms with E-state index in [0.717, 1.165) is 5.56 Å². The quantitative estimate of drug-likeness (QED) is 0.811. The maximum absolute atomic E-state index is 12.4. The molecule has 1 unspecified atom stereocenters. The number of aliphatic hydroxyl groups is 1. The number of nitrogens with one attached hydrogen (secondary N) is 1. The molecule has 128 valence electrons. The van der Waals surface area contributed by atoms with Crippen molar-refractivity contribution in [3.05, 3.63) is 70.8 Å². The number of hydrogen-bond donors (Lipinski definition) is 2. The first-order valence-corrected chi connectivity index (χ1v) is 7.98. The van der Waals surface area contributed by atoms with Crippen LogP contribution < -0.4 is 5.32 Å². The van der Waals surface area contributed by atoms with Crippen LogP contribution in [-0.2, 0) is 6.54 Å². The topological polar surface area (TPSA) is 86.7 Å². The summed E-state index contributed by atoms with van der Waals surface area (Å²) in [6, 6.07) is 13.4. The van der Waals surface area contributed by atoms with E-state index in [9.17, 15) is 19.5 Å². The predicted molar refractivity (Wildman–Crippen MR) is 91.1 cm³/mol. The van der Waals surface area contributed by atoms with E-state index in [-0.39, 0.29) is 30.8 Å². The molecule has 2 aromatic carbocycles. The smallest absolute Gasteiger partial charge is 0.261 e. The summed E-state index contributed by atoms with van der Waals surface area (Å²) in [5, 5.41) is 11.8. The molecule has 0 aliphatic carbocycles. The van der Waals surface area contributed by atoms with Gasteiger partial charge >= 0.3 is 0 Å². The number of fused-ring (bicyclic) bond motifs is 1. The van der Waals surface area contributed by atoms with E-state index in [4.69, 9.17) is 0 Å². The molecule has 0 bridgehead atoms. The Morgan fingerprint density at radius 1 is 1.04 bits per heavy atom. The van der Waals surface area contributed by atoms with E-state index >= 15 is 0 Å². The maximum Gasteiger partial charge on any atom is 0.261 e. The number of imide groups is 1. The van der Waals surface area contributed by atoms with Gasteiger partial charge in [-0.3, -0.25) is 19.3 Å². The van der Waals surface area contributed by atoms with Crippen LogP contribution in [0.2, 0.25) is 0 Å². The van der Waals surface area contributed by atoms with Crippen LogP contribution in [0.3, 0.4) is 0 Å². The van der Waals surface area contributed by atoms with Gasteiger partial charge in [0.05, 0.1) is 23.8 Å². The average Bonchev–Trinajstić information content (AvgIpc) is 2.85. The Morgan fingerprint density at radius 3 is 2.12 bits per heavy atom. The van der Waals surface area contributed by atoms with Gasteiger partial charge in [-0.1, -0.05) is 24.3 Å². The molecule has 1 atom stereocenters. The van der Waals surface area contributed by atoms with Gasteiger partial charge in [0.25, 0.3) is 17.7 Å². The Bertz CT molecular complexity index is 793. The second-order valence-electron chi connectivity index (χ2n) is 6.00. The first kappa shape index (κ1) is 16.9. The molecule has 0 radical (unpaired) electrons. The molecule has 0 aromatic heterocycles. The summed E-state index contributed by atoms with van der Waals surface area (Å²) in [5.74, 6) is -0.896. The van der Waals surface area contributed by atoms with Crippen molar-refractivity contribution >= 4 is 17.7 Å². The Balaban J connectivity index is 1.69. The summed E-state index contributed by atoms with van der Waals surface area (Å²) in [6.07, 6.45) is -0.614. The molecule has 2 aromatic rings. The number of carbonyl (C=O) groups excluding carboxylic acids is 3. The van der Waals surface area contributed by atoms with Gasteiger partial charge in [0.1, 0.15) is 0 Å². The number of hydrogen-bond acceptors (Lipinski definition) is 4. The van der Waals surface area contributed by atoms with Gasteiger partial charge in [-0.2, -0.15) is 0 Å². The molecule has 0 fully saturated rings. The zero-order valence-electron chi connectivity index (χ0n) is 13.7. The van der Waals surface area contributed by atoms with Crippen LogP contribution in [0.4, 0.5) is 0 Å². The van der Waals surface area contributed by atoms with Gasteiger partial charge in [0, 0.05) is 12.1 Å². The van der Waals surface area contributed by atoms with Crippen molar-refractivity contribution < 1.29 is 19.5 Å². The molecule has 2 N–H and O–H groups in total. The molecular weight excluding hydrogens is 320 g/mol.